The fraction of sp³-hybridized carbons (Fsp3) is 0.333. The summed E-state index contributed by atoms with van der Waals surface area (Å²) in [5.74, 6) is 0.731. The number of hydrogen-bond acceptors (Lipinski definition) is 5. The number of carbonyl (C=O) groups excluding carboxylic acids is 1. The standard InChI is InChI=1S/C12H12N2O3S/c15-9-5-14(6-9)11(16)4-8-7-18-12(13-8)10-2-1-3-17-10/h1-3,7,9,15H,4-6H2. The molecule has 1 N–H and O–H groups in total. The fourth-order valence-electron chi connectivity index (χ4n) is 1.83. The molecule has 3 heterocycles. The number of furan rings is 1. The molecule has 2 aromatic rings. The van der Waals surface area contributed by atoms with Crippen LogP contribution in [0.5, 0.6) is 0 Å². The zero-order valence-corrected chi connectivity index (χ0v) is 10.4. The van der Waals surface area contributed by atoms with Gasteiger partial charge in [0.2, 0.25) is 5.91 Å². The van der Waals surface area contributed by atoms with Crippen LogP contribution in [-0.2, 0) is 11.2 Å². The molecule has 1 amide bonds. The molecule has 0 aliphatic carbocycles. The van der Waals surface area contributed by atoms with E-state index in [1.165, 1.54) is 11.3 Å². The van der Waals surface area contributed by atoms with Crippen molar-refractivity contribution in [3.8, 4) is 10.8 Å². The molecular formula is C12H12N2O3S. The van der Waals surface area contributed by atoms with E-state index in [0.29, 0.717) is 13.1 Å². The number of nitrogens with zero attached hydrogens (tertiary/aromatic N) is 2. The molecule has 18 heavy (non-hydrogen) atoms. The van der Waals surface area contributed by atoms with Crippen LogP contribution in [0.25, 0.3) is 10.8 Å². The van der Waals surface area contributed by atoms with Crippen LogP contribution in [0, 0.1) is 0 Å². The van der Waals surface area contributed by atoms with Crippen LogP contribution in [0.3, 0.4) is 0 Å². The van der Waals surface area contributed by atoms with E-state index in [1.54, 1.807) is 11.2 Å². The van der Waals surface area contributed by atoms with Crippen molar-refractivity contribution < 1.29 is 14.3 Å². The molecule has 0 atom stereocenters. The number of aliphatic hydroxyl groups is 1. The molecule has 94 valence electrons. The molecule has 2 aromatic heterocycles. The zero-order chi connectivity index (χ0) is 12.5. The van der Waals surface area contributed by atoms with Crippen molar-refractivity contribution in [2.24, 2.45) is 0 Å². The lowest BCUT2D eigenvalue weighted by atomic mass is 10.1. The lowest BCUT2D eigenvalue weighted by Gasteiger charge is -2.35. The third-order valence-corrected chi connectivity index (χ3v) is 3.74. The lowest BCUT2D eigenvalue weighted by Crippen LogP contribution is -2.53. The highest BCUT2D eigenvalue weighted by Gasteiger charge is 2.28. The van der Waals surface area contributed by atoms with Crippen LogP contribution >= 0.6 is 11.3 Å². The maximum absolute atomic E-state index is 11.8. The van der Waals surface area contributed by atoms with Crippen LogP contribution in [0.1, 0.15) is 5.69 Å². The van der Waals surface area contributed by atoms with Gasteiger partial charge in [-0.05, 0) is 12.1 Å². The Kier molecular flexibility index (Phi) is 2.89. The Balaban J connectivity index is 1.65. The Hall–Kier alpha value is -1.66. The Morgan fingerprint density at radius 2 is 2.44 bits per heavy atom. The van der Waals surface area contributed by atoms with Gasteiger partial charge in [-0.2, -0.15) is 0 Å². The van der Waals surface area contributed by atoms with Crippen LogP contribution in [0.4, 0.5) is 0 Å². The van der Waals surface area contributed by atoms with E-state index in [2.05, 4.69) is 4.98 Å². The molecule has 0 unspecified atom stereocenters. The molecule has 3 rings (SSSR count). The summed E-state index contributed by atoms with van der Waals surface area (Å²) in [5.41, 5.74) is 0.748. The zero-order valence-electron chi connectivity index (χ0n) is 9.57. The van der Waals surface area contributed by atoms with Gasteiger partial charge >= 0.3 is 0 Å². The van der Waals surface area contributed by atoms with Gasteiger partial charge in [0.15, 0.2) is 10.8 Å². The third-order valence-electron chi connectivity index (χ3n) is 2.83. The first kappa shape index (κ1) is 11.4. The maximum Gasteiger partial charge on any atom is 0.228 e. The van der Waals surface area contributed by atoms with Crippen molar-refractivity contribution in [2.75, 3.05) is 13.1 Å². The van der Waals surface area contributed by atoms with Crippen molar-refractivity contribution in [1.82, 2.24) is 9.88 Å². The second-order valence-electron chi connectivity index (χ2n) is 4.25. The normalized spacial score (nSPS) is 15.7. The summed E-state index contributed by atoms with van der Waals surface area (Å²) >= 11 is 1.46. The SMILES string of the molecule is O=C(Cc1csc(-c2ccco2)n1)N1CC(O)C1. The van der Waals surface area contributed by atoms with Crippen molar-refractivity contribution in [2.45, 2.75) is 12.5 Å². The number of hydrogen-bond donors (Lipinski definition) is 1. The number of aromatic nitrogens is 1. The second kappa shape index (κ2) is 4.55. The summed E-state index contributed by atoms with van der Waals surface area (Å²) in [4.78, 5) is 17.8. The average Bonchev–Trinajstić information content (AvgIpc) is 2.93. The molecule has 0 radical (unpaired) electrons. The van der Waals surface area contributed by atoms with Gasteiger partial charge in [-0.15, -0.1) is 11.3 Å². The average molecular weight is 264 g/mol. The first-order valence-corrected chi connectivity index (χ1v) is 6.54. The first-order chi connectivity index (χ1) is 8.72. The van der Waals surface area contributed by atoms with Crippen LogP contribution in [0.2, 0.25) is 0 Å². The van der Waals surface area contributed by atoms with Gasteiger partial charge in [-0.25, -0.2) is 4.98 Å². The molecule has 0 saturated carbocycles. The molecule has 1 saturated heterocycles. The number of rotatable bonds is 3. The van der Waals surface area contributed by atoms with E-state index < -0.39 is 0 Å². The van der Waals surface area contributed by atoms with Crippen LogP contribution in [-0.4, -0.2) is 40.1 Å². The third kappa shape index (κ3) is 2.16. The lowest BCUT2D eigenvalue weighted by molar-refractivity contribution is -0.140. The number of β-amino-alcohol motifs (C(OH)–C–C–N with tert-alkyl or cyclic N) is 1. The summed E-state index contributed by atoms with van der Waals surface area (Å²) in [6.07, 6.45) is 1.52. The number of thiazole rings is 1. The van der Waals surface area contributed by atoms with Crippen molar-refractivity contribution in [1.29, 1.82) is 0 Å². The van der Waals surface area contributed by atoms with Crippen molar-refractivity contribution in [3.63, 3.8) is 0 Å². The van der Waals surface area contributed by atoms with E-state index in [-0.39, 0.29) is 18.4 Å². The monoisotopic (exact) mass is 264 g/mol. The Morgan fingerprint density at radius 3 is 3.11 bits per heavy atom. The predicted octanol–water partition coefficient (Wildman–Crippen LogP) is 1.15. The van der Waals surface area contributed by atoms with Gasteiger partial charge in [0.1, 0.15) is 0 Å². The minimum Gasteiger partial charge on any atom is -0.462 e. The van der Waals surface area contributed by atoms with Crippen molar-refractivity contribution >= 4 is 17.2 Å². The highest BCUT2D eigenvalue weighted by molar-refractivity contribution is 7.13. The van der Waals surface area contributed by atoms with Crippen LogP contribution < -0.4 is 0 Å². The summed E-state index contributed by atoms with van der Waals surface area (Å²) in [6, 6.07) is 3.65. The first-order valence-electron chi connectivity index (χ1n) is 5.66. The summed E-state index contributed by atoms with van der Waals surface area (Å²) in [7, 11) is 0. The number of aliphatic hydroxyl groups excluding tert-OH is 1. The molecule has 6 heteroatoms. The minimum absolute atomic E-state index is 0.0107. The summed E-state index contributed by atoms with van der Waals surface area (Å²) in [5, 5.41) is 11.8. The molecule has 1 aliphatic heterocycles. The Bertz CT molecular complexity index is 543. The molecule has 1 fully saturated rings. The molecule has 0 spiro atoms. The van der Waals surface area contributed by atoms with Crippen molar-refractivity contribution in [3.05, 3.63) is 29.5 Å². The van der Waals surface area contributed by atoms with E-state index in [4.69, 9.17) is 9.52 Å². The maximum atomic E-state index is 11.8. The Labute approximate surface area is 108 Å². The summed E-state index contributed by atoms with van der Waals surface area (Å²) < 4.78 is 5.25. The smallest absolute Gasteiger partial charge is 0.228 e. The molecule has 0 bridgehead atoms. The van der Waals surface area contributed by atoms with Gasteiger partial charge in [0.05, 0.1) is 24.5 Å². The number of likely N-dealkylation sites (tertiary alicyclic amines) is 1. The topological polar surface area (TPSA) is 66.6 Å². The van der Waals surface area contributed by atoms with Gasteiger partial charge in [-0.3, -0.25) is 4.79 Å². The molecular weight excluding hydrogens is 252 g/mol. The molecule has 5 nitrogen and oxygen atoms in total. The van der Waals surface area contributed by atoms with E-state index >= 15 is 0 Å². The molecule has 1 aliphatic rings. The van der Waals surface area contributed by atoms with Gasteiger partial charge in [-0.1, -0.05) is 0 Å². The largest absolute Gasteiger partial charge is 0.462 e. The van der Waals surface area contributed by atoms with E-state index in [9.17, 15) is 4.79 Å². The highest BCUT2D eigenvalue weighted by atomic mass is 32.1. The van der Waals surface area contributed by atoms with E-state index in [1.807, 2.05) is 17.5 Å². The van der Waals surface area contributed by atoms with Gasteiger partial charge < -0.3 is 14.4 Å². The van der Waals surface area contributed by atoms with E-state index in [0.717, 1.165) is 16.5 Å². The number of carbonyl (C=O) groups is 1. The second-order valence-corrected chi connectivity index (χ2v) is 5.11. The van der Waals surface area contributed by atoms with Gasteiger partial charge in [0.25, 0.3) is 0 Å². The molecule has 0 aromatic carbocycles. The van der Waals surface area contributed by atoms with Crippen LogP contribution in [0.15, 0.2) is 28.2 Å². The minimum atomic E-state index is -0.358. The number of amides is 1. The summed E-state index contributed by atoms with van der Waals surface area (Å²) in [6.45, 7) is 0.877. The van der Waals surface area contributed by atoms with Gasteiger partial charge in [0, 0.05) is 18.5 Å². The predicted molar refractivity (Wildman–Crippen MR) is 66.1 cm³/mol. The fourth-order valence-corrected chi connectivity index (χ4v) is 2.61. The Morgan fingerprint density at radius 1 is 1.61 bits per heavy atom. The quantitative estimate of drug-likeness (QED) is 0.903. The highest BCUT2D eigenvalue weighted by Crippen LogP contribution is 2.24.